The molecule has 1 aromatic rings. The molecule has 3 unspecified atom stereocenters. The first-order chi connectivity index (χ1) is 9.08. The minimum Gasteiger partial charge on any atom is -0.380 e. The van der Waals surface area contributed by atoms with E-state index in [0.29, 0.717) is 11.8 Å². The predicted octanol–water partition coefficient (Wildman–Crippen LogP) is 4.07. The van der Waals surface area contributed by atoms with E-state index in [0.717, 1.165) is 19.3 Å². The Hall–Kier alpha value is -1.63. The van der Waals surface area contributed by atoms with Gasteiger partial charge in [-0.3, -0.25) is 0 Å². The van der Waals surface area contributed by atoms with Crippen LogP contribution < -0.4 is 5.32 Å². The van der Waals surface area contributed by atoms with Gasteiger partial charge >= 0.3 is 0 Å². The third kappa shape index (κ3) is 2.56. The maximum Gasteiger partial charge on any atom is 0.183 e. The number of benzene rings is 1. The van der Waals surface area contributed by atoms with Crippen molar-refractivity contribution in [2.24, 2.45) is 11.8 Å². The van der Waals surface area contributed by atoms with Crippen molar-refractivity contribution >= 4 is 5.69 Å². The number of rotatable bonds is 3. The quantitative estimate of drug-likeness (QED) is 0.893. The number of anilines is 1. The topological polar surface area (TPSA) is 35.8 Å². The van der Waals surface area contributed by atoms with Crippen LogP contribution in [0, 0.1) is 34.8 Å². The Balaban J connectivity index is 2.17. The second-order valence-corrected chi connectivity index (χ2v) is 5.26. The van der Waals surface area contributed by atoms with Crippen molar-refractivity contribution in [3.63, 3.8) is 0 Å². The lowest BCUT2D eigenvalue weighted by molar-refractivity contribution is 0.391. The van der Waals surface area contributed by atoms with E-state index in [1.165, 1.54) is 12.1 Å². The highest BCUT2D eigenvalue weighted by atomic mass is 19.2. The SMILES string of the molecule is CCC1CCC(Nc2ccc(C#N)c(F)c2F)C1C. The zero-order valence-electron chi connectivity index (χ0n) is 11.2. The van der Waals surface area contributed by atoms with Gasteiger partial charge in [0.05, 0.1) is 11.3 Å². The molecule has 1 aromatic carbocycles. The van der Waals surface area contributed by atoms with Crippen molar-refractivity contribution in [1.82, 2.24) is 0 Å². The van der Waals surface area contributed by atoms with Crippen LogP contribution in [0.5, 0.6) is 0 Å². The van der Waals surface area contributed by atoms with Gasteiger partial charge in [-0.05, 0) is 36.8 Å². The number of nitrogens with zero attached hydrogens (tertiary/aromatic N) is 1. The second kappa shape index (κ2) is 5.56. The normalized spacial score (nSPS) is 26.2. The van der Waals surface area contributed by atoms with E-state index in [4.69, 9.17) is 5.26 Å². The summed E-state index contributed by atoms with van der Waals surface area (Å²) in [5, 5.41) is 11.7. The summed E-state index contributed by atoms with van der Waals surface area (Å²) < 4.78 is 27.4. The first-order valence-electron chi connectivity index (χ1n) is 6.73. The maximum atomic E-state index is 13.8. The molecule has 2 nitrogen and oxygen atoms in total. The molecule has 1 aliphatic rings. The number of nitrogens with one attached hydrogen (secondary N) is 1. The Kier molecular flexibility index (Phi) is 4.04. The Bertz CT molecular complexity index is 508. The zero-order chi connectivity index (χ0) is 14.0. The van der Waals surface area contributed by atoms with E-state index in [9.17, 15) is 8.78 Å². The molecule has 102 valence electrons. The molecule has 0 aliphatic heterocycles. The minimum atomic E-state index is -1.06. The van der Waals surface area contributed by atoms with Crippen LogP contribution in [0.15, 0.2) is 12.1 Å². The third-order valence-corrected chi connectivity index (χ3v) is 4.29. The Morgan fingerprint density at radius 2 is 2.05 bits per heavy atom. The fraction of sp³-hybridized carbons (Fsp3) is 0.533. The average Bonchev–Trinajstić information content (AvgIpc) is 2.76. The molecule has 0 spiro atoms. The predicted molar refractivity (Wildman–Crippen MR) is 70.7 cm³/mol. The van der Waals surface area contributed by atoms with Crippen LogP contribution in [-0.4, -0.2) is 6.04 Å². The summed E-state index contributed by atoms with van der Waals surface area (Å²) in [6.45, 7) is 4.31. The molecular formula is C15H18F2N2. The Morgan fingerprint density at radius 3 is 2.63 bits per heavy atom. The van der Waals surface area contributed by atoms with Gasteiger partial charge in [0, 0.05) is 6.04 Å². The van der Waals surface area contributed by atoms with Crippen LogP contribution in [0.1, 0.15) is 38.7 Å². The summed E-state index contributed by atoms with van der Waals surface area (Å²) in [4.78, 5) is 0. The fourth-order valence-electron chi connectivity index (χ4n) is 2.97. The molecule has 1 N–H and O–H groups in total. The van der Waals surface area contributed by atoms with E-state index >= 15 is 0 Å². The number of hydrogen-bond donors (Lipinski definition) is 1. The molecule has 0 radical (unpaired) electrons. The Morgan fingerprint density at radius 1 is 1.32 bits per heavy atom. The highest BCUT2D eigenvalue weighted by molar-refractivity contribution is 5.50. The molecule has 1 saturated carbocycles. The van der Waals surface area contributed by atoms with Crippen molar-refractivity contribution in [2.75, 3.05) is 5.32 Å². The molecule has 1 aliphatic carbocycles. The van der Waals surface area contributed by atoms with Crippen LogP contribution >= 0.6 is 0 Å². The number of nitriles is 1. The highest BCUT2D eigenvalue weighted by Gasteiger charge is 2.32. The maximum absolute atomic E-state index is 13.8. The summed E-state index contributed by atoms with van der Waals surface area (Å²) in [6, 6.07) is 4.58. The van der Waals surface area contributed by atoms with Gasteiger partial charge in [-0.2, -0.15) is 5.26 Å². The standard InChI is InChI=1S/C15H18F2N2/c1-3-10-4-6-12(9(10)2)19-13-7-5-11(8-18)14(16)15(13)17/h5,7,9-10,12,19H,3-4,6H2,1-2H3. The summed E-state index contributed by atoms with van der Waals surface area (Å²) >= 11 is 0. The molecule has 19 heavy (non-hydrogen) atoms. The van der Waals surface area contributed by atoms with Crippen molar-refractivity contribution < 1.29 is 8.78 Å². The molecule has 1 fully saturated rings. The molecule has 0 saturated heterocycles. The third-order valence-electron chi connectivity index (χ3n) is 4.29. The summed E-state index contributed by atoms with van der Waals surface area (Å²) in [5.74, 6) is -0.928. The smallest absolute Gasteiger partial charge is 0.183 e. The summed E-state index contributed by atoms with van der Waals surface area (Å²) in [5.41, 5.74) is -0.0981. The molecule has 0 bridgehead atoms. The van der Waals surface area contributed by atoms with Gasteiger partial charge in [0.15, 0.2) is 11.6 Å². The molecule has 0 heterocycles. The molecule has 3 atom stereocenters. The highest BCUT2D eigenvalue weighted by Crippen LogP contribution is 2.36. The minimum absolute atomic E-state index is 0.158. The first kappa shape index (κ1) is 13.8. The zero-order valence-corrected chi connectivity index (χ0v) is 11.2. The van der Waals surface area contributed by atoms with Gasteiger partial charge in [-0.1, -0.05) is 20.3 Å². The largest absolute Gasteiger partial charge is 0.380 e. The van der Waals surface area contributed by atoms with Gasteiger partial charge in [0.2, 0.25) is 0 Å². The van der Waals surface area contributed by atoms with Crippen LogP contribution in [-0.2, 0) is 0 Å². The van der Waals surface area contributed by atoms with Crippen LogP contribution in [0.4, 0.5) is 14.5 Å². The van der Waals surface area contributed by atoms with Crippen molar-refractivity contribution in [1.29, 1.82) is 5.26 Å². The number of halogens is 2. The Labute approximate surface area is 112 Å². The summed E-state index contributed by atoms with van der Waals surface area (Å²) in [7, 11) is 0. The van der Waals surface area contributed by atoms with E-state index < -0.39 is 11.6 Å². The van der Waals surface area contributed by atoms with Gasteiger partial charge in [0.25, 0.3) is 0 Å². The van der Waals surface area contributed by atoms with Gasteiger partial charge < -0.3 is 5.32 Å². The molecule has 0 amide bonds. The summed E-state index contributed by atoms with van der Waals surface area (Å²) in [6.07, 6.45) is 3.21. The van der Waals surface area contributed by atoms with E-state index in [-0.39, 0.29) is 17.3 Å². The van der Waals surface area contributed by atoms with Crippen molar-refractivity contribution in [3.05, 3.63) is 29.3 Å². The van der Waals surface area contributed by atoms with Crippen LogP contribution in [0.2, 0.25) is 0 Å². The van der Waals surface area contributed by atoms with Gasteiger partial charge in [0.1, 0.15) is 6.07 Å². The van der Waals surface area contributed by atoms with Crippen molar-refractivity contribution in [3.8, 4) is 6.07 Å². The number of hydrogen-bond acceptors (Lipinski definition) is 2. The van der Waals surface area contributed by atoms with Crippen LogP contribution in [0.25, 0.3) is 0 Å². The molecular weight excluding hydrogens is 246 g/mol. The van der Waals surface area contributed by atoms with Gasteiger partial charge in [-0.25, -0.2) is 8.78 Å². The monoisotopic (exact) mass is 264 g/mol. The first-order valence-corrected chi connectivity index (χ1v) is 6.73. The van der Waals surface area contributed by atoms with E-state index in [2.05, 4.69) is 19.2 Å². The second-order valence-electron chi connectivity index (χ2n) is 5.26. The lowest BCUT2D eigenvalue weighted by Gasteiger charge is -2.22. The lowest BCUT2D eigenvalue weighted by Crippen LogP contribution is -2.25. The lowest BCUT2D eigenvalue weighted by atomic mass is 9.93. The van der Waals surface area contributed by atoms with Crippen molar-refractivity contribution in [2.45, 2.75) is 39.2 Å². The van der Waals surface area contributed by atoms with Crippen LogP contribution in [0.3, 0.4) is 0 Å². The van der Waals surface area contributed by atoms with Gasteiger partial charge in [-0.15, -0.1) is 0 Å². The molecule has 4 heteroatoms. The molecule has 2 rings (SSSR count). The van der Waals surface area contributed by atoms with E-state index in [1.807, 2.05) is 0 Å². The van der Waals surface area contributed by atoms with E-state index in [1.54, 1.807) is 6.07 Å². The average molecular weight is 264 g/mol. The molecule has 0 aromatic heterocycles. The fourth-order valence-corrected chi connectivity index (χ4v) is 2.97.